The number of rotatable bonds is 1. The van der Waals surface area contributed by atoms with Gasteiger partial charge in [0.25, 0.3) is 0 Å². The molecule has 0 radical (unpaired) electrons. The SMILES string of the molecule is Cc1nc(Cl)nc(C)c1C1CCCCN1. The predicted octanol–water partition coefficient (Wildman–Crippen LogP) is 2.56. The van der Waals surface area contributed by atoms with Crippen LogP contribution < -0.4 is 5.32 Å². The highest BCUT2D eigenvalue weighted by Gasteiger charge is 2.20. The normalized spacial score (nSPS) is 21.7. The number of aromatic nitrogens is 2. The lowest BCUT2D eigenvalue weighted by molar-refractivity contribution is 0.407. The summed E-state index contributed by atoms with van der Waals surface area (Å²) in [6, 6.07) is 0.413. The fourth-order valence-corrected chi connectivity index (χ4v) is 2.54. The molecule has 4 heteroatoms. The van der Waals surface area contributed by atoms with Gasteiger partial charge < -0.3 is 5.32 Å². The number of aryl methyl sites for hydroxylation is 2. The van der Waals surface area contributed by atoms with E-state index in [1.165, 1.54) is 24.8 Å². The Bertz CT molecular complexity index is 336. The minimum atomic E-state index is 0.351. The second-order valence-electron chi connectivity index (χ2n) is 4.08. The van der Waals surface area contributed by atoms with Gasteiger partial charge in [-0.3, -0.25) is 0 Å². The van der Waals surface area contributed by atoms with Crippen molar-refractivity contribution < 1.29 is 0 Å². The summed E-state index contributed by atoms with van der Waals surface area (Å²) in [5.74, 6) is 0. The van der Waals surface area contributed by atoms with Gasteiger partial charge in [0.1, 0.15) is 0 Å². The molecule has 0 amide bonds. The van der Waals surface area contributed by atoms with Crippen LogP contribution in [0.15, 0.2) is 0 Å². The highest BCUT2D eigenvalue weighted by atomic mass is 35.5. The van der Waals surface area contributed by atoms with Crippen LogP contribution in [0.2, 0.25) is 5.28 Å². The van der Waals surface area contributed by atoms with Crippen LogP contribution in [0.5, 0.6) is 0 Å². The maximum atomic E-state index is 5.82. The zero-order chi connectivity index (χ0) is 10.8. The maximum Gasteiger partial charge on any atom is 0.222 e. The Labute approximate surface area is 95.3 Å². The predicted molar refractivity (Wildman–Crippen MR) is 61.1 cm³/mol. The summed E-state index contributed by atoms with van der Waals surface area (Å²) in [5, 5.41) is 3.86. The molecular formula is C11H16ClN3. The summed E-state index contributed by atoms with van der Waals surface area (Å²) < 4.78 is 0. The number of halogens is 1. The Morgan fingerprint density at radius 3 is 2.40 bits per heavy atom. The molecule has 1 fully saturated rings. The molecule has 1 unspecified atom stereocenters. The lowest BCUT2D eigenvalue weighted by atomic mass is 9.95. The molecule has 0 spiro atoms. The fraction of sp³-hybridized carbons (Fsp3) is 0.636. The van der Waals surface area contributed by atoms with Crippen molar-refractivity contribution in [1.29, 1.82) is 0 Å². The van der Waals surface area contributed by atoms with Gasteiger partial charge in [0.05, 0.1) is 0 Å². The van der Waals surface area contributed by atoms with Gasteiger partial charge >= 0.3 is 0 Å². The van der Waals surface area contributed by atoms with Crippen molar-refractivity contribution in [3.63, 3.8) is 0 Å². The standard InChI is InChI=1S/C11H16ClN3/c1-7-10(8(2)15-11(12)14-7)9-5-3-4-6-13-9/h9,13H,3-6H2,1-2H3. The van der Waals surface area contributed by atoms with Crippen molar-refractivity contribution >= 4 is 11.6 Å². The molecule has 0 aliphatic carbocycles. The molecule has 1 aromatic heterocycles. The van der Waals surface area contributed by atoms with Gasteiger partial charge in [-0.2, -0.15) is 0 Å². The molecule has 1 aliphatic heterocycles. The Morgan fingerprint density at radius 2 is 1.87 bits per heavy atom. The molecule has 2 rings (SSSR count). The van der Waals surface area contributed by atoms with Crippen molar-refractivity contribution in [3.8, 4) is 0 Å². The van der Waals surface area contributed by atoms with Crippen molar-refractivity contribution in [3.05, 3.63) is 22.2 Å². The first-order valence-corrected chi connectivity index (χ1v) is 5.80. The van der Waals surface area contributed by atoms with Gasteiger partial charge in [-0.25, -0.2) is 9.97 Å². The molecule has 3 nitrogen and oxygen atoms in total. The lowest BCUT2D eigenvalue weighted by Gasteiger charge is -2.25. The van der Waals surface area contributed by atoms with Crippen LogP contribution in [0, 0.1) is 13.8 Å². The van der Waals surface area contributed by atoms with Gasteiger partial charge in [-0.1, -0.05) is 6.42 Å². The van der Waals surface area contributed by atoms with Gasteiger partial charge in [0.2, 0.25) is 5.28 Å². The van der Waals surface area contributed by atoms with E-state index in [0.717, 1.165) is 17.9 Å². The molecule has 2 heterocycles. The van der Waals surface area contributed by atoms with Crippen LogP contribution in [0.1, 0.15) is 42.3 Å². The third-order valence-corrected chi connectivity index (χ3v) is 3.13. The second-order valence-corrected chi connectivity index (χ2v) is 4.42. The minimum absolute atomic E-state index is 0.351. The van der Waals surface area contributed by atoms with Gasteiger partial charge in [-0.05, 0) is 44.8 Å². The monoisotopic (exact) mass is 225 g/mol. The van der Waals surface area contributed by atoms with E-state index in [1.807, 2.05) is 13.8 Å². The maximum absolute atomic E-state index is 5.82. The van der Waals surface area contributed by atoms with Crippen molar-refractivity contribution in [2.45, 2.75) is 39.2 Å². The van der Waals surface area contributed by atoms with Crippen LogP contribution in [-0.4, -0.2) is 16.5 Å². The first-order chi connectivity index (χ1) is 7.18. The van der Waals surface area contributed by atoms with E-state index >= 15 is 0 Å². The summed E-state index contributed by atoms with van der Waals surface area (Å²) in [4.78, 5) is 8.45. The summed E-state index contributed by atoms with van der Waals surface area (Å²) in [6.45, 7) is 5.10. The third-order valence-electron chi connectivity index (χ3n) is 2.96. The average Bonchev–Trinajstić information content (AvgIpc) is 2.17. The van der Waals surface area contributed by atoms with E-state index in [9.17, 15) is 0 Å². The zero-order valence-electron chi connectivity index (χ0n) is 9.18. The second kappa shape index (κ2) is 4.45. The summed E-state index contributed by atoms with van der Waals surface area (Å²) in [5.41, 5.74) is 3.25. The minimum Gasteiger partial charge on any atom is -0.310 e. The van der Waals surface area contributed by atoms with E-state index in [0.29, 0.717) is 11.3 Å². The first kappa shape index (κ1) is 10.8. The van der Waals surface area contributed by atoms with Crippen LogP contribution in [0.25, 0.3) is 0 Å². The Morgan fingerprint density at radius 1 is 1.20 bits per heavy atom. The van der Waals surface area contributed by atoms with Crippen molar-refractivity contribution in [1.82, 2.24) is 15.3 Å². The molecule has 0 bridgehead atoms. The molecule has 0 aromatic carbocycles. The highest BCUT2D eigenvalue weighted by Crippen LogP contribution is 2.27. The van der Waals surface area contributed by atoms with E-state index in [2.05, 4.69) is 15.3 Å². The van der Waals surface area contributed by atoms with Crippen molar-refractivity contribution in [2.24, 2.45) is 0 Å². The van der Waals surface area contributed by atoms with E-state index in [-0.39, 0.29) is 0 Å². The van der Waals surface area contributed by atoms with E-state index in [1.54, 1.807) is 0 Å². The molecule has 1 saturated heterocycles. The quantitative estimate of drug-likeness (QED) is 0.747. The van der Waals surface area contributed by atoms with Gasteiger partial charge in [0.15, 0.2) is 0 Å². The topological polar surface area (TPSA) is 37.8 Å². The van der Waals surface area contributed by atoms with Crippen LogP contribution in [-0.2, 0) is 0 Å². The summed E-state index contributed by atoms with van der Waals surface area (Å²) in [7, 11) is 0. The molecular weight excluding hydrogens is 210 g/mol. The Balaban J connectivity index is 2.33. The molecule has 82 valence electrons. The number of piperidine rings is 1. The molecule has 15 heavy (non-hydrogen) atoms. The number of hydrogen-bond donors (Lipinski definition) is 1. The third kappa shape index (κ3) is 2.29. The number of nitrogens with one attached hydrogen (secondary N) is 1. The van der Waals surface area contributed by atoms with Gasteiger partial charge in [0, 0.05) is 23.0 Å². The van der Waals surface area contributed by atoms with Gasteiger partial charge in [-0.15, -0.1) is 0 Å². The Kier molecular flexibility index (Phi) is 3.22. The van der Waals surface area contributed by atoms with Crippen molar-refractivity contribution in [2.75, 3.05) is 6.54 Å². The first-order valence-electron chi connectivity index (χ1n) is 5.42. The fourth-order valence-electron chi connectivity index (χ4n) is 2.29. The molecule has 0 saturated carbocycles. The van der Waals surface area contributed by atoms with Crippen LogP contribution >= 0.6 is 11.6 Å². The zero-order valence-corrected chi connectivity index (χ0v) is 9.93. The average molecular weight is 226 g/mol. The van der Waals surface area contributed by atoms with E-state index in [4.69, 9.17) is 11.6 Å². The van der Waals surface area contributed by atoms with Crippen LogP contribution in [0.4, 0.5) is 0 Å². The number of nitrogens with zero attached hydrogens (tertiary/aromatic N) is 2. The Hall–Kier alpha value is -0.670. The molecule has 1 atom stereocenters. The molecule has 1 aromatic rings. The van der Waals surface area contributed by atoms with Crippen LogP contribution in [0.3, 0.4) is 0 Å². The number of hydrogen-bond acceptors (Lipinski definition) is 3. The van der Waals surface area contributed by atoms with E-state index < -0.39 is 0 Å². The lowest BCUT2D eigenvalue weighted by Crippen LogP contribution is -2.28. The summed E-state index contributed by atoms with van der Waals surface area (Å²) in [6.07, 6.45) is 3.72. The largest absolute Gasteiger partial charge is 0.310 e. The highest BCUT2D eigenvalue weighted by molar-refractivity contribution is 6.28. The summed E-state index contributed by atoms with van der Waals surface area (Å²) >= 11 is 5.82. The molecule has 1 aliphatic rings. The smallest absolute Gasteiger partial charge is 0.222 e. The molecule has 1 N–H and O–H groups in total.